The van der Waals surface area contributed by atoms with E-state index in [0.717, 1.165) is 24.3 Å². The molecule has 37 heavy (non-hydrogen) atoms. The SMILES string of the molecule is CC(C)(C)OC(=O)CN(CCCNS(=O)(=O)c1ccccc1[N+](=O)[O-])S(=O)(=O)c1ccccc1[N+](=O)[O-]. The first-order valence-corrected chi connectivity index (χ1v) is 13.7. The smallest absolute Gasteiger partial charge is 0.321 e. The summed E-state index contributed by atoms with van der Waals surface area (Å²) in [4.78, 5) is 32.0. The van der Waals surface area contributed by atoms with Crippen molar-refractivity contribution in [2.24, 2.45) is 0 Å². The van der Waals surface area contributed by atoms with Crippen molar-refractivity contribution in [2.45, 2.75) is 42.6 Å². The molecule has 0 aliphatic heterocycles. The molecule has 2 rings (SSSR count). The van der Waals surface area contributed by atoms with E-state index < -0.39 is 75.7 Å². The minimum atomic E-state index is -4.59. The lowest BCUT2D eigenvalue weighted by molar-refractivity contribution is -0.388. The molecule has 2 aromatic carbocycles. The molecule has 0 radical (unpaired) electrons. The second-order valence-corrected chi connectivity index (χ2v) is 12.3. The molecule has 202 valence electrons. The Balaban J connectivity index is 2.27. The first-order chi connectivity index (χ1) is 17.1. The molecule has 0 heterocycles. The maximum Gasteiger partial charge on any atom is 0.321 e. The van der Waals surface area contributed by atoms with E-state index in [1.54, 1.807) is 20.8 Å². The molecule has 0 unspecified atom stereocenters. The van der Waals surface area contributed by atoms with Crippen LogP contribution in [0.1, 0.15) is 27.2 Å². The highest BCUT2D eigenvalue weighted by Gasteiger charge is 2.34. The standard InChI is InChI=1S/C21H26N4O10S2/c1-21(2,3)35-20(26)15-23(37(33,34)19-12-7-5-10-17(19)25(29)30)14-8-13-22-36(31,32)18-11-6-4-9-16(18)24(27)28/h4-7,9-12,22H,8,13-15H2,1-3H3. The van der Waals surface area contributed by atoms with Crippen LogP contribution in [0.4, 0.5) is 11.4 Å². The summed E-state index contributed by atoms with van der Waals surface area (Å²) in [5, 5.41) is 22.5. The van der Waals surface area contributed by atoms with Crippen molar-refractivity contribution in [3.8, 4) is 0 Å². The number of hydrogen-bond acceptors (Lipinski definition) is 10. The van der Waals surface area contributed by atoms with Crippen LogP contribution in [0.3, 0.4) is 0 Å². The van der Waals surface area contributed by atoms with Crippen LogP contribution in [0.5, 0.6) is 0 Å². The Kier molecular flexibility index (Phi) is 9.43. The van der Waals surface area contributed by atoms with Crippen molar-refractivity contribution >= 4 is 37.4 Å². The van der Waals surface area contributed by atoms with Crippen LogP contribution in [0, 0.1) is 20.2 Å². The maximum absolute atomic E-state index is 13.3. The summed E-state index contributed by atoms with van der Waals surface area (Å²) in [6.07, 6.45) is -0.178. The van der Waals surface area contributed by atoms with Crippen LogP contribution in [-0.4, -0.2) is 62.2 Å². The van der Waals surface area contributed by atoms with E-state index in [4.69, 9.17) is 4.74 Å². The molecule has 1 N–H and O–H groups in total. The summed E-state index contributed by atoms with van der Waals surface area (Å²) in [5.74, 6) is -0.921. The topological polar surface area (TPSA) is 196 Å². The molecule has 16 heteroatoms. The Labute approximate surface area is 213 Å². The number of nitro groups is 2. The molecule has 2 aromatic rings. The fraction of sp³-hybridized carbons (Fsp3) is 0.381. The number of carbonyl (C=O) groups excluding carboxylic acids is 1. The number of rotatable bonds is 12. The first kappa shape index (κ1) is 29.8. The van der Waals surface area contributed by atoms with Gasteiger partial charge in [0.25, 0.3) is 11.4 Å². The lowest BCUT2D eigenvalue weighted by atomic mass is 10.2. The summed E-state index contributed by atoms with van der Waals surface area (Å²) in [6.45, 7) is 3.15. The highest BCUT2D eigenvalue weighted by molar-refractivity contribution is 7.89. The zero-order chi connectivity index (χ0) is 28.0. The quantitative estimate of drug-likeness (QED) is 0.174. The molecule has 0 spiro atoms. The summed E-state index contributed by atoms with van der Waals surface area (Å²) < 4.78 is 59.7. The van der Waals surface area contributed by atoms with Gasteiger partial charge in [0.05, 0.1) is 9.85 Å². The van der Waals surface area contributed by atoms with Crippen molar-refractivity contribution in [1.29, 1.82) is 0 Å². The monoisotopic (exact) mass is 558 g/mol. The van der Waals surface area contributed by atoms with Gasteiger partial charge in [-0.15, -0.1) is 0 Å². The highest BCUT2D eigenvalue weighted by Crippen LogP contribution is 2.27. The van der Waals surface area contributed by atoms with E-state index in [1.165, 1.54) is 24.3 Å². The number of para-hydroxylation sites is 2. The number of esters is 1. The van der Waals surface area contributed by atoms with Gasteiger partial charge in [-0.05, 0) is 39.3 Å². The molecule has 0 aliphatic carbocycles. The van der Waals surface area contributed by atoms with E-state index in [2.05, 4.69) is 4.72 Å². The number of nitrogens with zero attached hydrogens (tertiary/aromatic N) is 3. The molecule has 0 aliphatic rings. The normalized spacial score (nSPS) is 12.3. The maximum atomic E-state index is 13.3. The van der Waals surface area contributed by atoms with Gasteiger partial charge >= 0.3 is 5.97 Å². The van der Waals surface area contributed by atoms with Gasteiger partial charge in [0.1, 0.15) is 12.1 Å². The van der Waals surface area contributed by atoms with Crippen LogP contribution in [0.15, 0.2) is 58.3 Å². The summed E-state index contributed by atoms with van der Waals surface area (Å²) in [6, 6.07) is 9.28. The molecule has 14 nitrogen and oxygen atoms in total. The molecule has 0 saturated heterocycles. The van der Waals surface area contributed by atoms with Gasteiger partial charge in [-0.25, -0.2) is 21.6 Å². The number of nitro benzene ring substituents is 2. The van der Waals surface area contributed by atoms with Crippen LogP contribution < -0.4 is 4.72 Å². The van der Waals surface area contributed by atoms with Crippen LogP contribution >= 0.6 is 0 Å². The minimum Gasteiger partial charge on any atom is -0.459 e. The largest absolute Gasteiger partial charge is 0.459 e. The van der Waals surface area contributed by atoms with Gasteiger partial charge in [-0.2, -0.15) is 4.31 Å². The summed E-state index contributed by atoms with van der Waals surface area (Å²) in [5.41, 5.74) is -2.28. The summed E-state index contributed by atoms with van der Waals surface area (Å²) in [7, 11) is -8.92. The van der Waals surface area contributed by atoms with Crippen LogP contribution in [0.2, 0.25) is 0 Å². The third-order valence-corrected chi connectivity index (χ3v) is 8.03. The van der Waals surface area contributed by atoms with Gasteiger partial charge in [0, 0.05) is 25.2 Å². The van der Waals surface area contributed by atoms with Crippen molar-refractivity contribution in [2.75, 3.05) is 19.6 Å². The number of sulfonamides is 2. The molecule has 0 fully saturated rings. The van der Waals surface area contributed by atoms with E-state index in [1.807, 2.05) is 0 Å². The number of benzene rings is 2. The fourth-order valence-corrected chi connectivity index (χ4v) is 5.97. The number of ether oxygens (including phenoxy) is 1. The van der Waals surface area contributed by atoms with Gasteiger partial charge < -0.3 is 4.74 Å². The molecular formula is C21H26N4O10S2. The predicted octanol–water partition coefficient (Wildman–Crippen LogP) is 2.20. The fourth-order valence-electron chi connectivity index (χ4n) is 3.14. The second kappa shape index (κ2) is 11.7. The van der Waals surface area contributed by atoms with Crippen LogP contribution in [-0.2, 0) is 29.6 Å². The number of nitrogens with one attached hydrogen (secondary N) is 1. The highest BCUT2D eigenvalue weighted by atomic mass is 32.2. The lowest BCUT2D eigenvalue weighted by Gasteiger charge is -2.24. The second-order valence-electron chi connectivity index (χ2n) is 8.63. The predicted molar refractivity (Wildman–Crippen MR) is 131 cm³/mol. The Morgan fingerprint density at radius 3 is 1.92 bits per heavy atom. The van der Waals surface area contributed by atoms with Crippen LogP contribution in [0.25, 0.3) is 0 Å². The van der Waals surface area contributed by atoms with E-state index in [0.29, 0.717) is 4.31 Å². The Bertz CT molecular complexity index is 1390. The van der Waals surface area contributed by atoms with E-state index in [9.17, 15) is 41.9 Å². The van der Waals surface area contributed by atoms with E-state index in [-0.39, 0.29) is 13.0 Å². The summed E-state index contributed by atoms with van der Waals surface area (Å²) >= 11 is 0. The number of carbonyl (C=O) groups is 1. The van der Waals surface area contributed by atoms with Gasteiger partial charge in [0.15, 0.2) is 9.79 Å². The average molecular weight is 559 g/mol. The Morgan fingerprint density at radius 2 is 1.41 bits per heavy atom. The average Bonchev–Trinajstić information content (AvgIpc) is 2.79. The molecule has 0 atom stereocenters. The van der Waals surface area contributed by atoms with Crippen molar-refractivity contribution in [3.63, 3.8) is 0 Å². The van der Waals surface area contributed by atoms with Gasteiger partial charge in [0.2, 0.25) is 20.0 Å². The third kappa shape index (κ3) is 8.01. The zero-order valence-electron chi connectivity index (χ0n) is 20.2. The molecule has 0 aromatic heterocycles. The van der Waals surface area contributed by atoms with E-state index >= 15 is 0 Å². The number of hydrogen-bond donors (Lipinski definition) is 1. The first-order valence-electron chi connectivity index (χ1n) is 10.7. The molecule has 0 saturated carbocycles. The van der Waals surface area contributed by atoms with Crippen molar-refractivity contribution in [1.82, 2.24) is 9.03 Å². The van der Waals surface area contributed by atoms with Crippen molar-refractivity contribution < 1.29 is 36.2 Å². The molecule has 0 bridgehead atoms. The third-order valence-electron chi connectivity index (χ3n) is 4.63. The zero-order valence-corrected chi connectivity index (χ0v) is 21.8. The Morgan fingerprint density at radius 1 is 0.919 bits per heavy atom. The van der Waals surface area contributed by atoms with Gasteiger partial charge in [-0.3, -0.25) is 25.0 Å². The molecular weight excluding hydrogens is 532 g/mol. The minimum absolute atomic E-state index is 0.178. The van der Waals surface area contributed by atoms with Crippen molar-refractivity contribution in [3.05, 3.63) is 68.8 Å². The van der Waals surface area contributed by atoms with Gasteiger partial charge in [-0.1, -0.05) is 24.3 Å². The molecule has 0 amide bonds. The lowest BCUT2D eigenvalue weighted by Crippen LogP contribution is -2.40. The Hall–Kier alpha value is -3.47.